The number of anilines is 1. The number of aromatic nitrogens is 1. The first-order valence-corrected chi connectivity index (χ1v) is 5.14. The first-order chi connectivity index (χ1) is 5.90. The molecule has 0 bridgehead atoms. The number of thiazole rings is 1. The van der Waals surface area contributed by atoms with Crippen molar-refractivity contribution in [3.63, 3.8) is 0 Å². The second kappa shape index (κ2) is 3.41. The van der Waals surface area contributed by atoms with Crippen molar-refractivity contribution >= 4 is 16.5 Å². The highest BCUT2D eigenvalue weighted by molar-refractivity contribution is 7.13. The summed E-state index contributed by atoms with van der Waals surface area (Å²) >= 11 is 1.63. The summed E-state index contributed by atoms with van der Waals surface area (Å²) in [5.41, 5.74) is 5.64. The molecule has 0 spiro atoms. The summed E-state index contributed by atoms with van der Waals surface area (Å²) in [6, 6.07) is 0.441. The predicted octanol–water partition coefficient (Wildman–Crippen LogP) is 1.29. The van der Waals surface area contributed by atoms with Gasteiger partial charge in [0.1, 0.15) is 0 Å². The zero-order valence-electron chi connectivity index (χ0n) is 6.86. The average molecular weight is 183 g/mol. The second-order valence-electron chi connectivity index (χ2n) is 3.16. The first-order valence-electron chi connectivity index (χ1n) is 4.26. The lowest BCUT2D eigenvalue weighted by Crippen LogP contribution is -2.30. The highest BCUT2D eigenvalue weighted by Crippen LogP contribution is 2.33. The van der Waals surface area contributed by atoms with Gasteiger partial charge in [0.05, 0.1) is 0 Å². The number of nitrogens with two attached hydrogens (primary N) is 1. The molecule has 1 saturated carbocycles. The molecule has 0 saturated heterocycles. The lowest BCUT2D eigenvalue weighted by atomic mass is 10.2. The molecule has 0 radical (unpaired) electrons. The van der Waals surface area contributed by atoms with Crippen molar-refractivity contribution in [2.24, 2.45) is 11.7 Å². The zero-order chi connectivity index (χ0) is 8.39. The van der Waals surface area contributed by atoms with Gasteiger partial charge < -0.3 is 11.1 Å². The molecule has 1 heterocycles. The molecule has 0 aromatic carbocycles. The van der Waals surface area contributed by atoms with Gasteiger partial charge in [-0.3, -0.25) is 0 Å². The third-order valence-corrected chi connectivity index (χ3v) is 2.89. The fraction of sp³-hybridized carbons (Fsp3) is 0.625. The second-order valence-corrected chi connectivity index (χ2v) is 4.06. The maximum atomic E-state index is 5.64. The SMILES string of the molecule is NCC(Nc1nccs1)C1CC1. The van der Waals surface area contributed by atoms with E-state index in [9.17, 15) is 0 Å². The Morgan fingerprint density at radius 2 is 2.58 bits per heavy atom. The predicted molar refractivity (Wildman–Crippen MR) is 51.3 cm³/mol. The normalized spacial score (nSPS) is 19.1. The van der Waals surface area contributed by atoms with Gasteiger partial charge >= 0.3 is 0 Å². The van der Waals surface area contributed by atoms with Crippen molar-refractivity contribution in [1.29, 1.82) is 0 Å². The Morgan fingerprint density at radius 3 is 3.08 bits per heavy atom. The average Bonchev–Trinajstić information content (AvgIpc) is 2.80. The number of hydrogen-bond acceptors (Lipinski definition) is 4. The van der Waals surface area contributed by atoms with E-state index in [1.165, 1.54) is 12.8 Å². The standard InChI is InChI=1S/C8H13N3S/c9-5-7(6-1-2-6)11-8-10-3-4-12-8/h3-4,6-7H,1-2,5,9H2,(H,10,11). The molecule has 66 valence electrons. The van der Waals surface area contributed by atoms with Crippen LogP contribution in [0.1, 0.15) is 12.8 Å². The maximum absolute atomic E-state index is 5.64. The molecule has 0 aliphatic heterocycles. The molecule has 4 heteroatoms. The summed E-state index contributed by atoms with van der Waals surface area (Å²) in [7, 11) is 0. The number of hydrogen-bond donors (Lipinski definition) is 2. The molecule has 1 aliphatic rings. The number of nitrogens with zero attached hydrogens (tertiary/aromatic N) is 1. The van der Waals surface area contributed by atoms with Crippen LogP contribution in [-0.4, -0.2) is 17.6 Å². The van der Waals surface area contributed by atoms with Crippen molar-refractivity contribution in [2.45, 2.75) is 18.9 Å². The van der Waals surface area contributed by atoms with Crippen LogP contribution < -0.4 is 11.1 Å². The first kappa shape index (κ1) is 8.01. The van der Waals surface area contributed by atoms with E-state index in [1.54, 1.807) is 11.3 Å². The van der Waals surface area contributed by atoms with Crippen LogP contribution in [0.3, 0.4) is 0 Å². The third kappa shape index (κ3) is 1.76. The van der Waals surface area contributed by atoms with Gasteiger partial charge in [0.25, 0.3) is 0 Å². The van der Waals surface area contributed by atoms with Gasteiger partial charge in [-0.2, -0.15) is 0 Å². The van der Waals surface area contributed by atoms with Crippen LogP contribution in [0.25, 0.3) is 0 Å². The lowest BCUT2D eigenvalue weighted by molar-refractivity contribution is 0.644. The zero-order valence-corrected chi connectivity index (χ0v) is 7.68. The minimum Gasteiger partial charge on any atom is -0.357 e. The largest absolute Gasteiger partial charge is 0.357 e. The molecule has 1 unspecified atom stereocenters. The molecular weight excluding hydrogens is 170 g/mol. The fourth-order valence-corrected chi connectivity index (χ4v) is 1.91. The molecule has 0 amide bonds. The van der Waals surface area contributed by atoms with E-state index in [1.807, 2.05) is 11.6 Å². The minimum atomic E-state index is 0.441. The monoisotopic (exact) mass is 183 g/mol. The molecular formula is C8H13N3S. The van der Waals surface area contributed by atoms with E-state index in [2.05, 4.69) is 10.3 Å². The molecule has 1 aromatic heterocycles. The van der Waals surface area contributed by atoms with Crippen molar-refractivity contribution < 1.29 is 0 Å². The molecule has 3 nitrogen and oxygen atoms in total. The Hall–Kier alpha value is -0.610. The van der Waals surface area contributed by atoms with Gasteiger partial charge in [-0.25, -0.2) is 4.98 Å². The van der Waals surface area contributed by atoms with Crippen molar-refractivity contribution in [1.82, 2.24) is 4.98 Å². The minimum absolute atomic E-state index is 0.441. The van der Waals surface area contributed by atoms with Gasteiger partial charge in [-0.05, 0) is 18.8 Å². The molecule has 1 aromatic rings. The topological polar surface area (TPSA) is 50.9 Å². The molecule has 3 N–H and O–H groups in total. The van der Waals surface area contributed by atoms with Gasteiger partial charge in [0.2, 0.25) is 0 Å². The van der Waals surface area contributed by atoms with E-state index in [0.717, 1.165) is 11.0 Å². The van der Waals surface area contributed by atoms with Crippen molar-refractivity contribution in [3.8, 4) is 0 Å². The van der Waals surface area contributed by atoms with Gasteiger partial charge in [0.15, 0.2) is 5.13 Å². The van der Waals surface area contributed by atoms with Crippen LogP contribution in [0.4, 0.5) is 5.13 Å². The summed E-state index contributed by atoms with van der Waals surface area (Å²) in [4.78, 5) is 4.17. The van der Waals surface area contributed by atoms with E-state index in [0.29, 0.717) is 12.6 Å². The molecule has 1 aliphatic carbocycles. The number of rotatable bonds is 4. The molecule has 2 rings (SSSR count). The Kier molecular flexibility index (Phi) is 2.28. The molecule has 1 atom stereocenters. The summed E-state index contributed by atoms with van der Waals surface area (Å²) in [6.45, 7) is 0.713. The fourth-order valence-electron chi connectivity index (χ4n) is 1.32. The Morgan fingerprint density at radius 1 is 1.75 bits per heavy atom. The van der Waals surface area contributed by atoms with Crippen LogP contribution in [0.5, 0.6) is 0 Å². The van der Waals surface area contributed by atoms with Crippen LogP contribution >= 0.6 is 11.3 Å². The summed E-state index contributed by atoms with van der Waals surface area (Å²) in [6.07, 6.45) is 4.45. The summed E-state index contributed by atoms with van der Waals surface area (Å²) < 4.78 is 0. The van der Waals surface area contributed by atoms with Crippen molar-refractivity contribution in [3.05, 3.63) is 11.6 Å². The summed E-state index contributed by atoms with van der Waals surface area (Å²) in [5.74, 6) is 0.791. The highest BCUT2D eigenvalue weighted by Gasteiger charge is 2.30. The van der Waals surface area contributed by atoms with Gasteiger partial charge in [-0.1, -0.05) is 0 Å². The van der Waals surface area contributed by atoms with Crippen LogP contribution in [-0.2, 0) is 0 Å². The van der Waals surface area contributed by atoms with Crippen molar-refractivity contribution in [2.75, 3.05) is 11.9 Å². The molecule has 12 heavy (non-hydrogen) atoms. The summed E-state index contributed by atoms with van der Waals surface area (Å²) in [5, 5.41) is 6.33. The third-order valence-electron chi connectivity index (χ3n) is 2.19. The smallest absolute Gasteiger partial charge is 0.182 e. The van der Waals surface area contributed by atoms with Crippen LogP contribution in [0.15, 0.2) is 11.6 Å². The number of nitrogens with one attached hydrogen (secondary N) is 1. The van der Waals surface area contributed by atoms with E-state index in [-0.39, 0.29) is 0 Å². The Bertz CT molecular complexity index is 230. The highest BCUT2D eigenvalue weighted by atomic mass is 32.1. The van der Waals surface area contributed by atoms with Crippen LogP contribution in [0, 0.1) is 5.92 Å². The van der Waals surface area contributed by atoms with Crippen LogP contribution in [0.2, 0.25) is 0 Å². The van der Waals surface area contributed by atoms with Gasteiger partial charge in [-0.15, -0.1) is 11.3 Å². The van der Waals surface area contributed by atoms with E-state index < -0.39 is 0 Å². The maximum Gasteiger partial charge on any atom is 0.182 e. The Labute approximate surface area is 76.0 Å². The lowest BCUT2D eigenvalue weighted by Gasteiger charge is -2.14. The molecule has 1 fully saturated rings. The Balaban J connectivity index is 1.91. The van der Waals surface area contributed by atoms with Gasteiger partial charge in [0, 0.05) is 24.2 Å². The van der Waals surface area contributed by atoms with E-state index in [4.69, 9.17) is 5.73 Å². The van der Waals surface area contributed by atoms with E-state index >= 15 is 0 Å². The quantitative estimate of drug-likeness (QED) is 0.739.